The normalized spacial score (nSPS) is 15.4. The van der Waals surface area contributed by atoms with Crippen molar-refractivity contribution in [3.05, 3.63) is 53.1 Å². The van der Waals surface area contributed by atoms with Gasteiger partial charge in [0.25, 0.3) is 11.8 Å². The van der Waals surface area contributed by atoms with E-state index in [1.54, 1.807) is 24.3 Å². The molecule has 0 atom stereocenters. The Balaban J connectivity index is 2.14. The molecular formula is C21H20N2O5S. The average Bonchev–Trinajstić information content (AvgIpc) is 2.71. The number of ether oxygens (including phenoxy) is 3. The number of para-hydroxylation sites is 1. The van der Waals surface area contributed by atoms with Gasteiger partial charge in [-0.1, -0.05) is 18.2 Å². The Morgan fingerprint density at radius 1 is 1.00 bits per heavy atom. The zero-order valence-electron chi connectivity index (χ0n) is 16.4. The Labute approximate surface area is 173 Å². The van der Waals surface area contributed by atoms with Crippen molar-refractivity contribution >= 4 is 40.9 Å². The lowest BCUT2D eigenvalue weighted by molar-refractivity contribution is -0.122. The van der Waals surface area contributed by atoms with Gasteiger partial charge < -0.3 is 14.2 Å². The van der Waals surface area contributed by atoms with Crippen LogP contribution < -0.4 is 24.4 Å². The minimum atomic E-state index is -0.593. The molecule has 150 valence electrons. The predicted molar refractivity (Wildman–Crippen MR) is 113 cm³/mol. The van der Waals surface area contributed by atoms with Gasteiger partial charge >= 0.3 is 0 Å². The summed E-state index contributed by atoms with van der Waals surface area (Å²) in [5.41, 5.74) is 1.79. The smallest absolute Gasteiger partial charge is 0.270 e. The van der Waals surface area contributed by atoms with Crippen LogP contribution in [-0.4, -0.2) is 38.3 Å². The first-order chi connectivity index (χ1) is 13.9. The molecule has 2 amide bonds. The number of anilines is 1. The van der Waals surface area contributed by atoms with Gasteiger partial charge in [0, 0.05) is 12.1 Å². The number of hydrogen-bond donors (Lipinski definition) is 1. The summed E-state index contributed by atoms with van der Waals surface area (Å²) in [6.07, 6.45) is 1.43. The van der Waals surface area contributed by atoms with Crippen molar-refractivity contribution in [2.24, 2.45) is 0 Å². The van der Waals surface area contributed by atoms with Gasteiger partial charge in [0.1, 0.15) is 22.8 Å². The highest BCUT2D eigenvalue weighted by Crippen LogP contribution is 2.36. The molecule has 0 radical (unpaired) electrons. The topological polar surface area (TPSA) is 77.1 Å². The van der Waals surface area contributed by atoms with Gasteiger partial charge in [-0.05, 0) is 36.8 Å². The monoisotopic (exact) mass is 412 g/mol. The number of carbonyl (C=O) groups excluding carboxylic acids is 2. The third-order valence-corrected chi connectivity index (χ3v) is 4.78. The molecule has 0 unspecified atom stereocenters. The zero-order chi connectivity index (χ0) is 21.1. The van der Waals surface area contributed by atoms with E-state index < -0.39 is 11.8 Å². The summed E-state index contributed by atoms with van der Waals surface area (Å²) in [5, 5.41) is 2.60. The van der Waals surface area contributed by atoms with Crippen molar-refractivity contribution in [1.82, 2.24) is 5.32 Å². The molecule has 1 aliphatic heterocycles. The van der Waals surface area contributed by atoms with Crippen LogP contribution in [0.4, 0.5) is 5.69 Å². The highest BCUT2D eigenvalue weighted by Gasteiger charge is 2.35. The molecular weight excluding hydrogens is 392 g/mol. The van der Waals surface area contributed by atoms with Crippen LogP contribution in [0, 0.1) is 6.92 Å². The van der Waals surface area contributed by atoms with Crippen molar-refractivity contribution in [3.63, 3.8) is 0 Å². The maximum atomic E-state index is 13.2. The second-order valence-corrected chi connectivity index (χ2v) is 6.58. The fraction of sp³-hybridized carbons (Fsp3) is 0.190. The van der Waals surface area contributed by atoms with E-state index in [1.165, 1.54) is 32.3 Å². The van der Waals surface area contributed by atoms with Crippen LogP contribution in [-0.2, 0) is 9.59 Å². The summed E-state index contributed by atoms with van der Waals surface area (Å²) in [6, 6.07) is 10.6. The molecule has 0 spiro atoms. The van der Waals surface area contributed by atoms with Gasteiger partial charge in [0.2, 0.25) is 0 Å². The van der Waals surface area contributed by atoms with Crippen molar-refractivity contribution in [2.45, 2.75) is 6.92 Å². The SMILES string of the molecule is COc1cc(OC)c(/C=C2\C(=O)NC(=S)N(c3ccccc3C)C2=O)c(OC)c1. The molecule has 7 nitrogen and oxygen atoms in total. The summed E-state index contributed by atoms with van der Waals surface area (Å²) in [7, 11) is 4.48. The first kappa shape index (κ1) is 20.3. The molecule has 0 saturated carbocycles. The number of aryl methyl sites for hydroxylation is 1. The maximum absolute atomic E-state index is 13.2. The van der Waals surface area contributed by atoms with Crippen LogP contribution in [0.1, 0.15) is 11.1 Å². The second kappa shape index (κ2) is 8.32. The summed E-state index contributed by atoms with van der Waals surface area (Å²) < 4.78 is 16.1. The van der Waals surface area contributed by atoms with Gasteiger partial charge in [-0.25, -0.2) is 0 Å². The van der Waals surface area contributed by atoms with Crippen LogP contribution in [0.25, 0.3) is 6.08 Å². The molecule has 0 aliphatic carbocycles. The second-order valence-electron chi connectivity index (χ2n) is 6.19. The third-order valence-electron chi connectivity index (χ3n) is 4.50. The van der Waals surface area contributed by atoms with Crippen molar-refractivity contribution < 1.29 is 23.8 Å². The lowest BCUT2D eigenvalue weighted by atomic mass is 10.0. The first-order valence-corrected chi connectivity index (χ1v) is 9.09. The summed E-state index contributed by atoms with van der Waals surface area (Å²) in [5.74, 6) is 0.176. The number of amides is 2. The van der Waals surface area contributed by atoms with Crippen LogP contribution in [0.5, 0.6) is 17.2 Å². The number of methoxy groups -OCH3 is 3. The molecule has 1 aliphatic rings. The van der Waals surface area contributed by atoms with E-state index in [1.807, 2.05) is 19.1 Å². The van der Waals surface area contributed by atoms with Crippen LogP contribution in [0.3, 0.4) is 0 Å². The van der Waals surface area contributed by atoms with E-state index in [4.69, 9.17) is 26.4 Å². The molecule has 29 heavy (non-hydrogen) atoms. The van der Waals surface area contributed by atoms with Gasteiger partial charge in [0.05, 0.1) is 32.6 Å². The molecule has 0 bridgehead atoms. The minimum absolute atomic E-state index is 0.0279. The third kappa shape index (κ3) is 3.79. The average molecular weight is 412 g/mol. The lowest BCUT2D eigenvalue weighted by Crippen LogP contribution is -2.54. The molecule has 0 aromatic heterocycles. The number of nitrogens with zero attached hydrogens (tertiary/aromatic N) is 1. The number of hydrogen-bond acceptors (Lipinski definition) is 6. The molecule has 3 rings (SSSR count). The van der Waals surface area contributed by atoms with Gasteiger partial charge in [-0.3, -0.25) is 19.8 Å². The first-order valence-electron chi connectivity index (χ1n) is 8.68. The Hall–Kier alpha value is -3.39. The number of benzene rings is 2. The number of thiocarbonyl (C=S) groups is 1. The molecule has 2 aromatic carbocycles. The zero-order valence-corrected chi connectivity index (χ0v) is 17.3. The van der Waals surface area contributed by atoms with Crippen LogP contribution in [0.2, 0.25) is 0 Å². The van der Waals surface area contributed by atoms with Crippen molar-refractivity contribution in [3.8, 4) is 17.2 Å². The van der Waals surface area contributed by atoms with Crippen molar-refractivity contribution in [1.29, 1.82) is 0 Å². The van der Waals surface area contributed by atoms with E-state index in [0.717, 1.165) is 5.56 Å². The highest BCUT2D eigenvalue weighted by atomic mass is 32.1. The Kier molecular flexibility index (Phi) is 5.84. The van der Waals surface area contributed by atoms with Gasteiger partial charge in [-0.2, -0.15) is 0 Å². The standard InChI is InChI=1S/C21H20N2O5S/c1-12-7-5-6-8-16(12)23-20(25)15(19(24)22-21(23)29)11-14-17(27-3)9-13(26-2)10-18(14)28-4/h5-11H,1-4H3,(H,22,24,29)/b15-11+. The molecule has 8 heteroatoms. The van der Waals surface area contributed by atoms with Gasteiger partial charge in [0.15, 0.2) is 5.11 Å². The number of carbonyl (C=O) groups is 2. The summed E-state index contributed by atoms with van der Waals surface area (Å²) >= 11 is 5.25. The Bertz CT molecular complexity index is 1010. The van der Waals surface area contributed by atoms with E-state index in [2.05, 4.69) is 5.32 Å². The van der Waals surface area contributed by atoms with E-state index in [-0.39, 0.29) is 10.7 Å². The summed E-state index contributed by atoms with van der Waals surface area (Å²) in [4.78, 5) is 27.1. The molecule has 2 aromatic rings. The molecule has 1 heterocycles. The van der Waals surface area contributed by atoms with Gasteiger partial charge in [-0.15, -0.1) is 0 Å². The van der Waals surface area contributed by atoms with Crippen LogP contribution in [0.15, 0.2) is 42.0 Å². The van der Waals surface area contributed by atoms with Crippen molar-refractivity contribution in [2.75, 3.05) is 26.2 Å². The van der Waals surface area contributed by atoms with E-state index in [9.17, 15) is 9.59 Å². The number of nitrogens with one attached hydrogen (secondary N) is 1. The Morgan fingerprint density at radius 2 is 1.62 bits per heavy atom. The molecule has 1 N–H and O–H groups in total. The predicted octanol–water partition coefficient (Wildman–Crippen LogP) is 2.85. The Morgan fingerprint density at radius 3 is 2.17 bits per heavy atom. The fourth-order valence-electron chi connectivity index (χ4n) is 3.01. The number of rotatable bonds is 5. The van der Waals surface area contributed by atoms with E-state index >= 15 is 0 Å². The fourth-order valence-corrected chi connectivity index (χ4v) is 3.28. The molecule has 1 fully saturated rings. The van der Waals surface area contributed by atoms with E-state index in [0.29, 0.717) is 28.5 Å². The maximum Gasteiger partial charge on any atom is 0.270 e. The minimum Gasteiger partial charge on any atom is -0.496 e. The quantitative estimate of drug-likeness (QED) is 0.462. The lowest BCUT2D eigenvalue weighted by Gasteiger charge is -2.30. The van der Waals surface area contributed by atoms with Crippen LogP contribution >= 0.6 is 12.2 Å². The highest BCUT2D eigenvalue weighted by molar-refractivity contribution is 7.80. The largest absolute Gasteiger partial charge is 0.496 e. The molecule has 1 saturated heterocycles. The summed E-state index contributed by atoms with van der Waals surface area (Å²) in [6.45, 7) is 1.86.